The van der Waals surface area contributed by atoms with E-state index < -0.39 is 0 Å². The number of unbranched alkanes of at least 4 members (excludes halogenated alkanes) is 1. The Bertz CT molecular complexity index is 211. The molecule has 0 radical (unpaired) electrons. The van der Waals surface area contributed by atoms with Crippen LogP contribution in [0, 0.1) is 11.8 Å². The van der Waals surface area contributed by atoms with E-state index in [2.05, 4.69) is 19.2 Å². The molecule has 2 nitrogen and oxygen atoms in total. The third-order valence-corrected chi connectivity index (χ3v) is 4.95. The van der Waals surface area contributed by atoms with Gasteiger partial charge < -0.3 is 10.1 Å². The maximum absolute atomic E-state index is 5.22. The monoisotopic (exact) mass is 283 g/mol. The van der Waals surface area contributed by atoms with E-state index in [0.29, 0.717) is 0 Å². The van der Waals surface area contributed by atoms with Crippen molar-refractivity contribution in [1.82, 2.24) is 5.32 Å². The van der Waals surface area contributed by atoms with Crippen LogP contribution in [-0.2, 0) is 4.74 Å². The summed E-state index contributed by atoms with van der Waals surface area (Å²) in [6, 6.07) is 0.734. The zero-order valence-corrected chi connectivity index (χ0v) is 14.1. The molecule has 1 unspecified atom stereocenters. The molecule has 1 saturated carbocycles. The first-order valence-corrected chi connectivity index (χ1v) is 9.04. The summed E-state index contributed by atoms with van der Waals surface area (Å²) in [7, 11) is 1.81. The summed E-state index contributed by atoms with van der Waals surface area (Å²) in [4.78, 5) is 0. The van der Waals surface area contributed by atoms with Crippen molar-refractivity contribution in [2.75, 3.05) is 20.3 Å². The third kappa shape index (κ3) is 7.08. The first-order chi connectivity index (χ1) is 9.81. The molecule has 120 valence electrons. The highest BCUT2D eigenvalue weighted by atomic mass is 16.5. The van der Waals surface area contributed by atoms with Gasteiger partial charge in [0, 0.05) is 19.8 Å². The highest BCUT2D eigenvalue weighted by molar-refractivity contribution is 4.82. The molecule has 0 bridgehead atoms. The van der Waals surface area contributed by atoms with Gasteiger partial charge in [-0.15, -0.1) is 0 Å². The van der Waals surface area contributed by atoms with Gasteiger partial charge in [0.2, 0.25) is 0 Å². The van der Waals surface area contributed by atoms with Crippen molar-refractivity contribution in [2.45, 2.75) is 84.1 Å². The summed E-state index contributed by atoms with van der Waals surface area (Å²) in [5.41, 5.74) is 0. The SMILES string of the molecule is CCCCC1CCC(C(CCCOC)NCCC)CC1. The standard InChI is InChI=1S/C18H37NO/c1-4-6-8-16-10-12-17(13-11-16)18(19-14-5-2)9-7-15-20-3/h16-19H,4-15H2,1-3H3. The molecule has 1 rings (SSSR count). The molecule has 0 aromatic rings. The molecule has 0 heterocycles. The number of hydrogen-bond donors (Lipinski definition) is 1. The molecule has 1 aliphatic rings. The van der Waals surface area contributed by atoms with Crippen molar-refractivity contribution in [2.24, 2.45) is 11.8 Å². The molecule has 1 N–H and O–H groups in total. The van der Waals surface area contributed by atoms with Crippen LogP contribution in [0.3, 0.4) is 0 Å². The lowest BCUT2D eigenvalue weighted by atomic mass is 9.76. The van der Waals surface area contributed by atoms with Gasteiger partial charge in [0.05, 0.1) is 0 Å². The summed E-state index contributed by atoms with van der Waals surface area (Å²) in [6.07, 6.45) is 13.8. The summed E-state index contributed by atoms with van der Waals surface area (Å²) in [6.45, 7) is 6.66. The topological polar surface area (TPSA) is 21.3 Å². The molecular weight excluding hydrogens is 246 g/mol. The van der Waals surface area contributed by atoms with Crippen molar-refractivity contribution in [3.05, 3.63) is 0 Å². The zero-order valence-electron chi connectivity index (χ0n) is 14.1. The van der Waals surface area contributed by atoms with E-state index in [-0.39, 0.29) is 0 Å². The molecule has 0 aliphatic heterocycles. The van der Waals surface area contributed by atoms with Gasteiger partial charge in [0.1, 0.15) is 0 Å². The Morgan fingerprint density at radius 3 is 2.40 bits per heavy atom. The fourth-order valence-electron chi connectivity index (χ4n) is 3.65. The molecule has 1 aliphatic carbocycles. The molecule has 20 heavy (non-hydrogen) atoms. The van der Waals surface area contributed by atoms with Crippen molar-refractivity contribution in [3.8, 4) is 0 Å². The van der Waals surface area contributed by atoms with Crippen LogP contribution < -0.4 is 5.32 Å². The van der Waals surface area contributed by atoms with E-state index in [9.17, 15) is 0 Å². The maximum Gasteiger partial charge on any atom is 0.0462 e. The molecule has 0 amide bonds. The normalized spacial score (nSPS) is 24.8. The number of hydrogen-bond acceptors (Lipinski definition) is 2. The van der Waals surface area contributed by atoms with Crippen molar-refractivity contribution in [3.63, 3.8) is 0 Å². The minimum Gasteiger partial charge on any atom is -0.385 e. The summed E-state index contributed by atoms with van der Waals surface area (Å²) >= 11 is 0. The van der Waals surface area contributed by atoms with Gasteiger partial charge in [-0.3, -0.25) is 0 Å². The second-order valence-corrected chi connectivity index (χ2v) is 6.62. The van der Waals surface area contributed by atoms with Crippen LogP contribution in [0.15, 0.2) is 0 Å². The first-order valence-electron chi connectivity index (χ1n) is 9.04. The highest BCUT2D eigenvalue weighted by Crippen LogP contribution is 2.34. The molecular formula is C18H37NO. The quantitative estimate of drug-likeness (QED) is 0.551. The highest BCUT2D eigenvalue weighted by Gasteiger charge is 2.26. The molecule has 0 aromatic carbocycles. The second-order valence-electron chi connectivity index (χ2n) is 6.62. The number of ether oxygens (including phenoxy) is 1. The average molecular weight is 284 g/mol. The van der Waals surface area contributed by atoms with Crippen molar-refractivity contribution < 1.29 is 4.74 Å². The van der Waals surface area contributed by atoms with E-state index in [0.717, 1.165) is 24.5 Å². The lowest BCUT2D eigenvalue weighted by Gasteiger charge is -2.34. The van der Waals surface area contributed by atoms with Crippen molar-refractivity contribution in [1.29, 1.82) is 0 Å². The molecule has 0 spiro atoms. The van der Waals surface area contributed by atoms with Gasteiger partial charge in [0.25, 0.3) is 0 Å². The summed E-state index contributed by atoms with van der Waals surface area (Å²) in [5.74, 6) is 1.94. The Hall–Kier alpha value is -0.0800. The molecule has 1 atom stereocenters. The van der Waals surface area contributed by atoms with Crippen LogP contribution >= 0.6 is 0 Å². The Balaban J connectivity index is 2.31. The Morgan fingerprint density at radius 1 is 1.05 bits per heavy atom. The largest absolute Gasteiger partial charge is 0.385 e. The predicted molar refractivity (Wildman–Crippen MR) is 88.2 cm³/mol. The van der Waals surface area contributed by atoms with Crippen LogP contribution in [0.2, 0.25) is 0 Å². The number of rotatable bonds is 11. The lowest BCUT2D eigenvalue weighted by molar-refractivity contribution is 0.168. The fraction of sp³-hybridized carbons (Fsp3) is 1.00. The van der Waals surface area contributed by atoms with Gasteiger partial charge in [-0.05, 0) is 50.5 Å². The maximum atomic E-state index is 5.22. The Labute approximate surface area is 127 Å². The lowest BCUT2D eigenvalue weighted by Crippen LogP contribution is -2.38. The van der Waals surface area contributed by atoms with Crippen molar-refractivity contribution >= 4 is 0 Å². The third-order valence-electron chi connectivity index (χ3n) is 4.95. The van der Waals surface area contributed by atoms with E-state index in [1.165, 1.54) is 70.8 Å². The van der Waals surface area contributed by atoms with Gasteiger partial charge in [-0.2, -0.15) is 0 Å². The molecule has 2 heteroatoms. The minimum absolute atomic E-state index is 0.734. The van der Waals surface area contributed by atoms with Gasteiger partial charge in [0.15, 0.2) is 0 Å². The van der Waals surface area contributed by atoms with E-state index in [1.54, 1.807) is 0 Å². The Kier molecular flexibility index (Phi) is 10.4. The zero-order chi connectivity index (χ0) is 14.6. The Morgan fingerprint density at radius 2 is 1.80 bits per heavy atom. The fourth-order valence-corrected chi connectivity index (χ4v) is 3.65. The molecule has 0 aromatic heterocycles. The van der Waals surface area contributed by atoms with Crippen LogP contribution in [0.25, 0.3) is 0 Å². The average Bonchev–Trinajstić information content (AvgIpc) is 2.49. The van der Waals surface area contributed by atoms with E-state index >= 15 is 0 Å². The number of nitrogens with one attached hydrogen (secondary N) is 1. The van der Waals surface area contributed by atoms with Crippen LogP contribution in [0.1, 0.15) is 78.1 Å². The van der Waals surface area contributed by atoms with Crippen LogP contribution in [-0.4, -0.2) is 26.3 Å². The van der Waals surface area contributed by atoms with Gasteiger partial charge >= 0.3 is 0 Å². The van der Waals surface area contributed by atoms with Crippen LogP contribution in [0.4, 0.5) is 0 Å². The van der Waals surface area contributed by atoms with E-state index in [4.69, 9.17) is 4.74 Å². The van der Waals surface area contributed by atoms with Gasteiger partial charge in [-0.25, -0.2) is 0 Å². The van der Waals surface area contributed by atoms with Crippen LogP contribution in [0.5, 0.6) is 0 Å². The van der Waals surface area contributed by atoms with E-state index in [1.807, 2.05) is 7.11 Å². The first kappa shape index (κ1) is 18.0. The smallest absolute Gasteiger partial charge is 0.0462 e. The summed E-state index contributed by atoms with van der Waals surface area (Å²) < 4.78 is 5.22. The van der Waals surface area contributed by atoms with Gasteiger partial charge in [-0.1, -0.05) is 46.0 Å². The predicted octanol–water partition coefficient (Wildman–Crippen LogP) is 4.78. The second kappa shape index (κ2) is 11.6. The number of methoxy groups -OCH3 is 1. The summed E-state index contributed by atoms with van der Waals surface area (Å²) in [5, 5.41) is 3.80. The minimum atomic E-state index is 0.734. The molecule has 1 fully saturated rings. The molecule has 0 saturated heterocycles.